The molecule has 1 aliphatic rings. The number of hydrogen-bond donors (Lipinski definition) is 3. The van der Waals surface area contributed by atoms with Crippen molar-refractivity contribution >= 4 is 5.84 Å². The van der Waals surface area contributed by atoms with Crippen molar-refractivity contribution in [2.75, 3.05) is 13.1 Å². The Hall–Kier alpha value is -0.770. The smallest absolute Gasteiger partial charge is 0.140 e. The summed E-state index contributed by atoms with van der Waals surface area (Å²) in [6.07, 6.45) is 4.70. The van der Waals surface area contributed by atoms with Crippen LogP contribution in [0, 0.1) is 11.8 Å². The standard InChI is InChI=1S/C10H21N3O/c1-8-3-2-4-9(8)7-12-6-5-10(11)13-14/h8-9,12,14H,2-7H2,1H3,(H2,11,13). The summed E-state index contributed by atoms with van der Waals surface area (Å²) in [7, 11) is 0. The molecule has 0 bridgehead atoms. The first-order chi connectivity index (χ1) is 6.74. The molecule has 0 radical (unpaired) electrons. The second-order valence-electron chi connectivity index (χ2n) is 4.21. The second-order valence-corrected chi connectivity index (χ2v) is 4.21. The van der Waals surface area contributed by atoms with Crippen LogP contribution in [0.1, 0.15) is 32.6 Å². The van der Waals surface area contributed by atoms with Gasteiger partial charge in [-0.15, -0.1) is 0 Å². The van der Waals surface area contributed by atoms with Crippen molar-refractivity contribution < 1.29 is 5.21 Å². The van der Waals surface area contributed by atoms with Gasteiger partial charge in [-0.05, 0) is 24.8 Å². The Kier molecular flexibility index (Phi) is 4.73. The highest BCUT2D eigenvalue weighted by Crippen LogP contribution is 2.30. The van der Waals surface area contributed by atoms with E-state index in [0.29, 0.717) is 12.3 Å². The number of oxime groups is 1. The van der Waals surface area contributed by atoms with Gasteiger partial charge in [0.25, 0.3) is 0 Å². The van der Waals surface area contributed by atoms with Crippen LogP contribution in [0.5, 0.6) is 0 Å². The van der Waals surface area contributed by atoms with E-state index in [1.54, 1.807) is 0 Å². The molecule has 0 aromatic rings. The molecular formula is C10H21N3O. The molecular weight excluding hydrogens is 178 g/mol. The van der Waals surface area contributed by atoms with Gasteiger partial charge in [0, 0.05) is 13.0 Å². The van der Waals surface area contributed by atoms with Gasteiger partial charge in [0.2, 0.25) is 0 Å². The molecule has 4 N–H and O–H groups in total. The summed E-state index contributed by atoms with van der Waals surface area (Å²) >= 11 is 0. The lowest BCUT2D eigenvalue weighted by atomic mass is 9.98. The molecule has 0 saturated heterocycles. The van der Waals surface area contributed by atoms with Crippen LogP contribution in [0.2, 0.25) is 0 Å². The number of hydrogen-bond acceptors (Lipinski definition) is 3. The van der Waals surface area contributed by atoms with E-state index >= 15 is 0 Å². The SMILES string of the molecule is CC1CCCC1CNCCC(N)=NO. The number of nitrogens with zero attached hydrogens (tertiary/aromatic N) is 1. The molecule has 0 heterocycles. The highest BCUT2D eigenvalue weighted by molar-refractivity contribution is 5.79. The monoisotopic (exact) mass is 199 g/mol. The van der Waals surface area contributed by atoms with E-state index in [1.165, 1.54) is 19.3 Å². The van der Waals surface area contributed by atoms with Gasteiger partial charge in [-0.2, -0.15) is 0 Å². The molecule has 0 amide bonds. The van der Waals surface area contributed by atoms with Gasteiger partial charge >= 0.3 is 0 Å². The molecule has 0 aromatic heterocycles. The first-order valence-electron chi connectivity index (χ1n) is 5.41. The lowest BCUT2D eigenvalue weighted by molar-refractivity contribution is 0.316. The summed E-state index contributed by atoms with van der Waals surface area (Å²) in [6, 6.07) is 0. The maximum Gasteiger partial charge on any atom is 0.140 e. The van der Waals surface area contributed by atoms with Gasteiger partial charge in [0.05, 0.1) is 0 Å². The molecule has 0 aromatic carbocycles. The number of rotatable bonds is 5. The third-order valence-corrected chi connectivity index (χ3v) is 3.13. The lowest BCUT2D eigenvalue weighted by Crippen LogP contribution is -2.28. The highest BCUT2D eigenvalue weighted by Gasteiger charge is 2.22. The Labute approximate surface area is 85.6 Å². The summed E-state index contributed by atoms with van der Waals surface area (Å²) in [5.74, 6) is 1.98. The largest absolute Gasteiger partial charge is 0.409 e. The van der Waals surface area contributed by atoms with Crippen LogP contribution in [-0.2, 0) is 0 Å². The van der Waals surface area contributed by atoms with E-state index in [4.69, 9.17) is 10.9 Å². The topological polar surface area (TPSA) is 70.6 Å². The summed E-state index contributed by atoms with van der Waals surface area (Å²) in [4.78, 5) is 0. The number of nitrogens with two attached hydrogens (primary N) is 1. The summed E-state index contributed by atoms with van der Waals surface area (Å²) in [6.45, 7) is 4.20. The molecule has 1 rings (SSSR count). The van der Waals surface area contributed by atoms with E-state index in [0.717, 1.165) is 24.9 Å². The van der Waals surface area contributed by atoms with Crippen LogP contribution >= 0.6 is 0 Å². The Bertz CT molecular complexity index is 194. The Morgan fingerprint density at radius 3 is 2.93 bits per heavy atom. The van der Waals surface area contributed by atoms with Gasteiger partial charge in [0.15, 0.2) is 0 Å². The Morgan fingerprint density at radius 1 is 1.57 bits per heavy atom. The van der Waals surface area contributed by atoms with Crippen LogP contribution < -0.4 is 11.1 Å². The second kappa shape index (κ2) is 5.86. The molecule has 82 valence electrons. The minimum atomic E-state index is 0.303. The van der Waals surface area contributed by atoms with Gasteiger partial charge in [-0.1, -0.05) is 24.9 Å². The maximum absolute atomic E-state index is 8.32. The molecule has 0 spiro atoms. The third-order valence-electron chi connectivity index (χ3n) is 3.13. The normalized spacial score (nSPS) is 28.2. The quantitative estimate of drug-likeness (QED) is 0.204. The molecule has 2 atom stereocenters. The fraction of sp³-hybridized carbons (Fsp3) is 0.900. The average molecular weight is 199 g/mol. The molecule has 1 saturated carbocycles. The molecule has 4 heteroatoms. The third kappa shape index (κ3) is 3.54. The van der Waals surface area contributed by atoms with E-state index in [9.17, 15) is 0 Å². The van der Waals surface area contributed by atoms with Crippen molar-refractivity contribution in [3.05, 3.63) is 0 Å². The number of nitrogens with one attached hydrogen (secondary N) is 1. The molecule has 0 aliphatic heterocycles. The van der Waals surface area contributed by atoms with Crippen molar-refractivity contribution in [3.63, 3.8) is 0 Å². The summed E-state index contributed by atoms with van der Waals surface area (Å²) in [5, 5.41) is 14.6. The molecule has 4 nitrogen and oxygen atoms in total. The number of amidine groups is 1. The first kappa shape index (κ1) is 11.3. The zero-order chi connectivity index (χ0) is 10.4. The van der Waals surface area contributed by atoms with Crippen molar-refractivity contribution in [3.8, 4) is 0 Å². The lowest BCUT2D eigenvalue weighted by Gasteiger charge is -2.15. The van der Waals surface area contributed by atoms with Crippen LogP contribution in [0.3, 0.4) is 0 Å². The van der Waals surface area contributed by atoms with Crippen molar-refractivity contribution in [1.29, 1.82) is 0 Å². The van der Waals surface area contributed by atoms with Gasteiger partial charge in [-0.3, -0.25) is 0 Å². The van der Waals surface area contributed by atoms with Crippen molar-refractivity contribution in [2.24, 2.45) is 22.7 Å². The van der Waals surface area contributed by atoms with E-state index in [2.05, 4.69) is 17.4 Å². The maximum atomic E-state index is 8.32. The summed E-state index contributed by atoms with van der Waals surface area (Å²) in [5.41, 5.74) is 5.35. The predicted octanol–water partition coefficient (Wildman–Crippen LogP) is 1.15. The fourth-order valence-electron chi connectivity index (χ4n) is 2.08. The van der Waals surface area contributed by atoms with Crippen LogP contribution in [0.15, 0.2) is 5.16 Å². The summed E-state index contributed by atoms with van der Waals surface area (Å²) < 4.78 is 0. The van der Waals surface area contributed by atoms with E-state index < -0.39 is 0 Å². The minimum absolute atomic E-state index is 0.303. The predicted molar refractivity (Wildman–Crippen MR) is 57.4 cm³/mol. The molecule has 1 aliphatic carbocycles. The van der Waals surface area contributed by atoms with E-state index in [1.807, 2.05) is 0 Å². The van der Waals surface area contributed by atoms with Crippen molar-refractivity contribution in [1.82, 2.24) is 5.32 Å². The molecule has 1 fully saturated rings. The highest BCUT2D eigenvalue weighted by atomic mass is 16.4. The minimum Gasteiger partial charge on any atom is -0.409 e. The average Bonchev–Trinajstić information content (AvgIpc) is 2.58. The van der Waals surface area contributed by atoms with Crippen LogP contribution in [0.25, 0.3) is 0 Å². The van der Waals surface area contributed by atoms with E-state index in [-0.39, 0.29) is 0 Å². The van der Waals surface area contributed by atoms with Gasteiger partial charge in [0.1, 0.15) is 5.84 Å². The van der Waals surface area contributed by atoms with Gasteiger partial charge in [-0.25, -0.2) is 0 Å². The zero-order valence-corrected chi connectivity index (χ0v) is 8.87. The van der Waals surface area contributed by atoms with Crippen LogP contribution in [-0.4, -0.2) is 24.1 Å². The van der Waals surface area contributed by atoms with Gasteiger partial charge < -0.3 is 16.3 Å². The fourth-order valence-corrected chi connectivity index (χ4v) is 2.08. The first-order valence-corrected chi connectivity index (χ1v) is 5.41. The van der Waals surface area contributed by atoms with Crippen LogP contribution in [0.4, 0.5) is 0 Å². The molecule has 2 unspecified atom stereocenters. The zero-order valence-electron chi connectivity index (χ0n) is 8.87. The Balaban J connectivity index is 2.03. The molecule has 14 heavy (non-hydrogen) atoms. The Morgan fingerprint density at radius 2 is 2.36 bits per heavy atom. The van der Waals surface area contributed by atoms with Crippen molar-refractivity contribution in [2.45, 2.75) is 32.6 Å².